The van der Waals surface area contributed by atoms with E-state index in [-0.39, 0.29) is 34.2 Å². The van der Waals surface area contributed by atoms with Gasteiger partial charge in [0.05, 0.1) is 38.5 Å². The smallest absolute Gasteiger partial charge is 0.291 e. The fourth-order valence-electron chi connectivity index (χ4n) is 3.30. The van der Waals surface area contributed by atoms with E-state index in [0.29, 0.717) is 21.8 Å². The lowest BCUT2D eigenvalue weighted by Gasteiger charge is -2.28. The Morgan fingerprint density at radius 2 is 1.89 bits per heavy atom. The van der Waals surface area contributed by atoms with E-state index in [9.17, 15) is 15.3 Å². The minimum absolute atomic E-state index is 0.0129. The Kier molecular flexibility index (Phi) is 4.79. The number of hydrogen-bond acceptors (Lipinski definition) is 8. The molecule has 28 heavy (non-hydrogen) atoms. The number of hydrogen-bond donors (Lipinski definition) is 2. The maximum atomic E-state index is 12.8. The minimum Gasteiger partial charge on any atom is -0.493 e. The fraction of sp³-hybridized carbons (Fsp3) is 0.263. The molecule has 2 heterocycles. The van der Waals surface area contributed by atoms with E-state index in [4.69, 9.17) is 24.7 Å². The van der Waals surface area contributed by atoms with Crippen LogP contribution in [0.3, 0.4) is 0 Å². The summed E-state index contributed by atoms with van der Waals surface area (Å²) in [5, 5.41) is 19.8. The molecule has 0 radical (unpaired) electrons. The summed E-state index contributed by atoms with van der Waals surface area (Å²) in [6.07, 6.45) is 0. The van der Waals surface area contributed by atoms with E-state index in [2.05, 4.69) is 0 Å². The van der Waals surface area contributed by atoms with Gasteiger partial charge in [-0.2, -0.15) is 9.99 Å². The summed E-state index contributed by atoms with van der Waals surface area (Å²) >= 11 is 0. The van der Waals surface area contributed by atoms with Gasteiger partial charge in [0.1, 0.15) is 17.4 Å². The highest BCUT2D eigenvalue weighted by Crippen LogP contribution is 2.48. The van der Waals surface area contributed by atoms with Crippen LogP contribution in [0.1, 0.15) is 22.7 Å². The molecule has 0 bridgehead atoms. The highest BCUT2D eigenvalue weighted by molar-refractivity contribution is 5.64. The second-order valence-corrected chi connectivity index (χ2v) is 6.03. The third-order valence-corrected chi connectivity index (χ3v) is 4.59. The van der Waals surface area contributed by atoms with Crippen molar-refractivity contribution < 1.29 is 24.2 Å². The first-order valence-corrected chi connectivity index (χ1v) is 8.21. The molecule has 0 spiro atoms. The molecule has 0 saturated heterocycles. The first-order valence-electron chi connectivity index (χ1n) is 8.21. The van der Waals surface area contributed by atoms with Gasteiger partial charge in [0, 0.05) is 11.6 Å². The molecule has 1 aliphatic rings. The van der Waals surface area contributed by atoms with Gasteiger partial charge in [-0.15, -0.1) is 0 Å². The molecule has 1 aromatic carbocycles. The number of aromatic nitrogens is 1. The molecular weight excluding hydrogens is 366 g/mol. The summed E-state index contributed by atoms with van der Waals surface area (Å²) in [5.41, 5.74) is 6.00. The molecule has 1 aliphatic heterocycles. The van der Waals surface area contributed by atoms with Gasteiger partial charge in [-0.3, -0.25) is 4.79 Å². The van der Waals surface area contributed by atoms with Crippen LogP contribution in [0.5, 0.6) is 23.0 Å². The number of ether oxygens (including phenoxy) is 4. The van der Waals surface area contributed by atoms with Gasteiger partial charge in [0.2, 0.25) is 11.6 Å². The second kappa shape index (κ2) is 7.08. The average molecular weight is 385 g/mol. The third kappa shape index (κ3) is 2.66. The summed E-state index contributed by atoms with van der Waals surface area (Å²) in [6.45, 7) is 1.54. The van der Waals surface area contributed by atoms with Gasteiger partial charge in [-0.25, -0.2) is 0 Å². The quantitative estimate of drug-likeness (QED) is 0.760. The van der Waals surface area contributed by atoms with Crippen molar-refractivity contribution in [2.45, 2.75) is 12.8 Å². The first-order chi connectivity index (χ1) is 13.4. The average Bonchev–Trinajstić information content (AvgIpc) is 2.69. The molecular formula is C19H19N3O6. The van der Waals surface area contributed by atoms with Crippen molar-refractivity contribution in [3.05, 3.63) is 56.8 Å². The highest BCUT2D eigenvalue weighted by atomic mass is 16.5. The van der Waals surface area contributed by atoms with Crippen LogP contribution >= 0.6 is 0 Å². The van der Waals surface area contributed by atoms with Crippen molar-refractivity contribution in [2.24, 2.45) is 5.73 Å². The van der Waals surface area contributed by atoms with Crippen LogP contribution in [0.25, 0.3) is 0 Å². The van der Waals surface area contributed by atoms with Gasteiger partial charge in [-0.1, -0.05) is 6.07 Å². The molecule has 3 N–H and O–H groups in total. The van der Waals surface area contributed by atoms with Gasteiger partial charge in [-0.05, 0) is 13.0 Å². The zero-order valence-corrected chi connectivity index (χ0v) is 15.8. The normalized spacial score (nSPS) is 15.3. The van der Waals surface area contributed by atoms with Crippen LogP contribution < -0.4 is 30.2 Å². The van der Waals surface area contributed by atoms with E-state index in [1.54, 1.807) is 12.1 Å². The van der Waals surface area contributed by atoms with E-state index in [0.717, 1.165) is 0 Å². The van der Waals surface area contributed by atoms with Gasteiger partial charge in [0.15, 0.2) is 11.5 Å². The number of methoxy groups -OCH3 is 3. The summed E-state index contributed by atoms with van der Waals surface area (Å²) in [7, 11) is 4.35. The van der Waals surface area contributed by atoms with E-state index in [1.807, 2.05) is 6.07 Å². The lowest BCUT2D eigenvalue weighted by atomic mass is 9.83. The SMILES string of the molecule is COc1ccc([C@@H]2C(C#N)=C(N)Oc3cc(C)n(O)c(=O)c32)c(OC)c1OC. The maximum Gasteiger partial charge on any atom is 0.291 e. The molecule has 1 atom stereocenters. The Hall–Kier alpha value is -3.80. The molecule has 2 aromatic rings. The van der Waals surface area contributed by atoms with Crippen molar-refractivity contribution >= 4 is 0 Å². The molecule has 0 fully saturated rings. The Labute approximate surface area is 160 Å². The Morgan fingerprint density at radius 1 is 1.21 bits per heavy atom. The number of benzene rings is 1. The van der Waals surface area contributed by atoms with Crippen molar-refractivity contribution in [2.75, 3.05) is 21.3 Å². The summed E-state index contributed by atoms with van der Waals surface area (Å²) < 4.78 is 22.2. The maximum absolute atomic E-state index is 12.8. The van der Waals surface area contributed by atoms with E-state index in [1.165, 1.54) is 34.3 Å². The number of rotatable bonds is 4. The van der Waals surface area contributed by atoms with E-state index < -0.39 is 11.5 Å². The van der Waals surface area contributed by atoms with Crippen LogP contribution in [-0.2, 0) is 0 Å². The van der Waals surface area contributed by atoms with Crippen molar-refractivity contribution in [1.82, 2.24) is 4.73 Å². The predicted molar refractivity (Wildman–Crippen MR) is 98.0 cm³/mol. The van der Waals surface area contributed by atoms with Crippen molar-refractivity contribution in [1.29, 1.82) is 5.26 Å². The largest absolute Gasteiger partial charge is 0.493 e. The fourth-order valence-corrected chi connectivity index (χ4v) is 3.30. The molecule has 3 rings (SSSR count). The Bertz CT molecular complexity index is 1080. The van der Waals surface area contributed by atoms with Crippen molar-refractivity contribution in [3.63, 3.8) is 0 Å². The minimum atomic E-state index is -0.935. The van der Waals surface area contributed by atoms with Crippen molar-refractivity contribution in [3.8, 4) is 29.1 Å². The topological polar surface area (TPSA) is 129 Å². The van der Waals surface area contributed by atoms with Crippen LogP contribution in [-0.4, -0.2) is 31.3 Å². The van der Waals surface area contributed by atoms with Crippen LogP contribution in [0.4, 0.5) is 0 Å². The number of aryl methyl sites for hydroxylation is 1. The number of fused-ring (bicyclic) bond motifs is 1. The second-order valence-electron chi connectivity index (χ2n) is 6.03. The van der Waals surface area contributed by atoms with Crippen LogP contribution in [0, 0.1) is 18.3 Å². The zero-order valence-electron chi connectivity index (χ0n) is 15.8. The van der Waals surface area contributed by atoms with Crippen LogP contribution in [0.15, 0.2) is 34.4 Å². The Morgan fingerprint density at radius 3 is 2.46 bits per heavy atom. The lowest BCUT2D eigenvalue weighted by molar-refractivity contribution is 0.165. The highest BCUT2D eigenvalue weighted by Gasteiger charge is 2.37. The molecule has 0 saturated carbocycles. The first kappa shape index (κ1) is 19.0. The summed E-state index contributed by atoms with van der Waals surface area (Å²) in [6, 6.07) is 6.74. The van der Waals surface area contributed by atoms with Gasteiger partial charge in [0.25, 0.3) is 5.56 Å². The summed E-state index contributed by atoms with van der Waals surface area (Å²) in [4.78, 5) is 12.8. The van der Waals surface area contributed by atoms with Gasteiger partial charge < -0.3 is 29.9 Å². The molecule has 0 unspecified atom stereocenters. The Balaban J connectivity index is 2.41. The molecule has 146 valence electrons. The predicted octanol–water partition coefficient (Wildman–Crippen LogP) is 1.64. The molecule has 1 aromatic heterocycles. The molecule has 9 heteroatoms. The van der Waals surface area contributed by atoms with E-state index >= 15 is 0 Å². The standard InChI is InChI=1S/C19H19N3O6/c1-9-7-13-15(19(23)22(9)24)14(11(8-20)18(21)28-13)10-5-6-12(25-2)17(27-4)16(10)26-3/h5-7,14,24H,21H2,1-4H3/t14-/m1/s1. The molecule has 9 nitrogen and oxygen atoms in total. The molecule has 0 aliphatic carbocycles. The number of nitrogens with zero attached hydrogens (tertiary/aromatic N) is 2. The molecule has 0 amide bonds. The zero-order chi connectivity index (χ0) is 20.6. The number of allylic oxidation sites excluding steroid dienone is 1. The number of nitrogens with two attached hydrogens (primary N) is 1. The lowest BCUT2D eigenvalue weighted by Crippen LogP contribution is -2.32. The third-order valence-electron chi connectivity index (χ3n) is 4.59. The number of nitriles is 1. The monoisotopic (exact) mass is 385 g/mol. The summed E-state index contributed by atoms with van der Waals surface area (Å²) in [5.74, 6) is 0.0642. The number of pyridine rings is 1. The van der Waals surface area contributed by atoms with Crippen LogP contribution in [0.2, 0.25) is 0 Å². The van der Waals surface area contributed by atoms with Gasteiger partial charge >= 0.3 is 0 Å².